The van der Waals surface area contributed by atoms with Crippen LogP contribution in [0.4, 0.5) is 0 Å². The third kappa shape index (κ3) is 5.21. The number of nitriles is 1. The first-order valence-corrected chi connectivity index (χ1v) is 10.1. The van der Waals surface area contributed by atoms with Crippen molar-refractivity contribution < 1.29 is 4.79 Å². The average molecular weight is 412 g/mol. The number of nitrogens with one attached hydrogen (secondary N) is 2. The van der Waals surface area contributed by atoms with Gasteiger partial charge in [-0.05, 0) is 42.8 Å². The fourth-order valence-corrected chi connectivity index (χ4v) is 3.41. The Morgan fingerprint density at radius 1 is 1.10 bits per heavy atom. The number of amides is 1. The van der Waals surface area contributed by atoms with Gasteiger partial charge in [-0.3, -0.25) is 10.2 Å². The number of hydrogen-bond acceptors (Lipinski definition) is 4. The fraction of sp³-hybridized carbons (Fsp3) is 0.200. The van der Waals surface area contributed by atoms with Crippen LogP contribution in [0.3, 0.4) is 0 Å². The van der Waals surface area contributed by atoms with Crippen molar-refractivity contribution in [2.75, 3.05) is 26.2 Å². The van der Waals surface area contributed by atoms with Crippen molar-refractivity contribution in [2.45, 2.75) is 6.92 Å². The molecule has 156 valence electrons. The summed E-state index contributed by atoms with van der Waals surface area (Å²) in [5, 5.41) is 20.7. The molecular weight excluding hydrogens is 386 g/mol. The van der Waals surface area contributed by atoms with E-state index >= 15 is 0 Å². The summed E-state index contributed by atoms with van der Waals surface area (Å²) < 4.78 is 0. The van der Waals surface area contributed by atoms with Crippen molar-refractivity contribution in [3.8, 4) is 6.07 Å². The summed E-state index contributed by atoms with van der Waals surface area (Å²) in [4.78, 5) is 19.0. The first-order chi connectivity index (χ1) is 15.1. The SMILES string of the molecule is C=CC(=NC(=N)/C(=C\C)c1ccc(C#N)cc1)c1ccc(C(=O)N2CCNCC2)cc1. The number of rotatable bonds is 5. The summed E-state index contributed by atoms with van der Waals surface area (Å²) in [7, 11) is 0. The van der Waals surface area contributed by atoms with Crippen molar-refractivity contribution in [2.24, 2.45) is 4.99 Å². The molecule has 0 atom stereocenters. The van der Waals surface area contributed by atoms with Crippen molar-refractivity contribution in [3.63, 3.8) is 0 Å². The molecule has 0 radical (unpaired) electrons. The second kappa shape index (κ2) is 10.3. The topological polar surface area (TPSA) is 92.3 Å². The Kier molecular flexibility index (Phi) is 7.26. The molecule has 2 aromatic carbocycles. The van der Waals surface area contributed by atoms with Crippen LogP contribution in [0.5, 0.6) is 0 Å². The van der Waals surface area contributed by atoms with E-state index in [1.165, 1.54) is 0 Å². The minimum atomic E-state index is 0.0231. The molecule has 1 amide bonds. The zero-order valence-electron chi connectivity index (χ0n) is 17.6. The molecule has 0 unspecified atom stereocenters. The van der Waals surface area contributed by atoms with Crippen LogP contribution in [-0.4, -0.2) is 48.5 Å². The monoisotopic (exact) mass is 411 g/mol. The Bertz CT molecular complexity index is 1070. The molecular formula is C25H25N5O. The molecule has 2 aromatic rings. The van der Waals surface area contributed by atoms with Gasteiger partial charge in [-0.15, -0.1) is 0 Å². The van der Waals surface area contributed by atoms with Gasteiger partial charge in [0.05, 0.1) is 17.3 Å². The number of allylic oxidation sites excluding steroid dienone is 2. The standard InChI is InChI=1S/C25H25N5O/c1-3-22(19-7-5-18(17-26)6-8-19)24(27)29-23(4-2)20-9-11-21(12-10-20)25(31)30-15-13-28-14-16-30/h3-12,27-28H,2,13-16H2,1H3/b22-3-,27-24?,29-23?. The lowest BCUT2D eigenvalue weighted by Crippen LogP contribution is -2.46. The average Bonchev–Trinajstić information content (AvgIpc) is 2.83. The van der Waals surface area contributed by atoms with E-state index in [1.807, 2.05) is 42.2 Å². The lowest BCUT2D eigenvalue weighted by Gasteiger charge is -2.27. The van der Waals surface area contributed by atoms with E-state index in [2.05, 4.69) is 23.0 Å². The molecule has 1 aliphatic rings. The van der Waals surface area contributed by atoms with E-state index in [9.17, 15) is 4.79 Å². The Balaban J connectivity index is 1.79. The number of benzene rings is 2. The predicted octanol–water partition coefficient (Wildman–Crippen LogP) is 3.66. The molecule has 1 saturated heterocycles. The minimum absolute atomic E-state index is 0.0231. The lowest BCUT2D eigenvalue weighted by molar-refractivity contribution is 0.0736. The van der Waals surface area contributed by atoms with E-state index in [1.54, 1.807) is 30.3 Å². The van der Waals surface area contributed by atoms with Crippen LogP contribution in [0, 0.1) is 16.7 Å². The molecule has 0 spiro atoms. The second-order valence-corrected chi connectivity index (χ2v) is 7.06. The second-order valence-electron chi connectivity index (χ2n) is 7.06. The third-order valence-corrected chi connectivity index (χ3v) is 5.13. The van der Waals surface area contributed by atoms with Gasteiger partial charge in [-0.25, -0.2) is 4.99 Å². The van der Waals surface area contributed by atoms with Crippen LogP contribution in [0.1, 0.15) is 34.0 Å². The number of carbonyl (C=O) groups is 1. The molecule has 0 bridgehead atoms. The van der Waals surface area contributed by atoms with E-state index in [0.717, 1.165) is 24.2 Å². The van der Waals surface area contributed by atoms with Gasteiger partial charge in [-0.2, -0.15) is 5.26 Å². The maximum Gasteiger partial charge on any atom is 0.253 e. The van der Waals surface area contributed by atoms with Crippen LogP contribution in [0.25, 0.3) is 5.57 Å². The number of nitrogens with zero attached hydrogens (tertiary/aromatic N) is 3. The minimum Gasteiger partial charge on any atom is -0.336 e. The van der Waals surface area contributed by atoms with Crippen LogP contribution < -0.4 is 5.32 Å². The molecule has 1 aliphatic heterocycles. The Labute approximate surface area is 182 Å². The highest BCUT2D eigenvalue weighted by atomic mass is 16.2. The number of aliphatic imine (C=N–C) groups is 1. The first kappa shape index (κ1) is 21.9. The Morgan fingerprint density at radius 2 is 1.68 bits per heavy atom. The summed E-state index contributed by atoms with van der Waals surface area (Å²) in [6.45, 7) is 8.72. The Morgan fingerprint density at radius 3 is 2.23 bits per heavy atom. The highest BCUT2D eigenvalue weighted by Crippen LogP contribution is 2.18. The Hall–Kier alpha value is -3.82. The number of amidine groups is 1. The van der Waals surface area contributed by atoms with Crippen LogP contribution in [0.2, 0.25) is 0 Å². The molecule has 0 saturated carbocycles. The van der Waals surface area contributed by atoms with E-state index in [4.69, 9.17) is 10.7 Å². The largest absolute Gasteiger partial charge is 0.336 e. The zero-order valence-corrected chi connectivity index (χ0v) is 17.6. The molecule has 0 aromatic heterocycles. The van der Waals surface area contributed by atoms with Crippen molar-refractivity contribution in [3.05, 3.63) is 89.5 Å². The van der Waals surface area contributed by atoms with Crippen molar-refractivity contribution in [1.29, 1.82) is 10.7 Å². The molecule has 6 nitrogen and oxygen atoms in total. The summed E-state index contributed by atoms with van der Waals surface area (Å²) >= 11 is 0. The summed E-state index contributed by atoms with van der Waals surface area (Å²) in [5.74, 6) is 0.123. The smallest absolute Gasteiger partial charge is 0.253 e. The van der Waals surface area contributed by atoms with E-state index in [-0.39, 0.29) is 11.7 Å². The van der Waals surface area contributed by atoms with Crippen LogP contribution in [-0.2, 0) is 0 Å². The van der Waals surface area contributed by atoms with Crippen molar-refractivity contribution in [1.82, 2.24) is 10.2 Å². The summed E-state index contributed by atoms with van der Waals surface area (Å²) in [6.07, 6.45) is 3.43. The highest BCUT2D eigenvalue weighted by Gasteiger charge is 2.18. The number of piperazine rings is 1. The molecule has 1 fully saturated rings. The van der Waals surface area contributed by atoms with E-state index < -0.39 is 0 Å². The number of carbonyl (C=O) groups excluding carboxylic acids is 1. The molecule has 1 heterocycles. The fourth-order valence-electron chi connectivity index (χ4n) is 3.41. The van der Waals surface area contributed by atoms with Gasteiger partial charge in [0.15, 0.2) is 5.84 Å². The molecule has 0 aliphatic carbocycles. The number of hydrogen-bond donors (Lipinski definition) is 2. The van der Waals surface area contributed by atoms with Gasteiger partial charge < -0.3 is 10.2 Å². The van der Waals surface area contributed by atoms with Gasteiger partial charge >= 0.3 is 0 Å². The van der Waals surface area contributed by atoms with Gasteiger partial charge in [-0.1, -0.05) is 36.9 Å². The van der Waals surface area contributed by atoms with Gasteiger partial charge in [0.25, 0.3) is 5.91 Å². The quantitative estimate of drug-likeness (QED) is 0.581. The third-order valence-electron chi connectivity index (χ3n) is 5.13. The van der Waals surface area contributed by atoms with E-state index in [0.29, 0.717) is 35.5 Å². The van der Waals surface area contributed by atoms with Crippen LogP contribution in [0.15, 0.2) is 72.3 Å². The predicted molar refractivity (Wildman–Crippen MR) is 124 cm³/mol. The van der Waals surface area contributed by atoms with Crippen LogP contribution >= 0.6 is 0 Å². The summed E-state index contributed by atoms with van der Waals surface area (Å²) in [5.41, 5.74) is 4.02. The van der Waals surface area contributed by atoms with Gasteiger partial charge in [0.2, 0.25) is 0 Å². The first-order valence-electron chi connectivity index (χ1n) is 10.1. The van der Waals surface area contributed by atoms with Gasteiger partial charge in [0, 0.05) is 42.9 Å². The zero-order chi connectivity index (χ0) is 22.2. The van der Waals surface area contributed by atoms with Gasteiger partial charge in [0.1, 0.15) is 0 Å². The molecule has 31 heavy (non-hydrogen) atoms. The lowest BCUT2D eigenvalue weighted by atomic mass is 10.0. The normalized spacial score (nSPS) is 14.6. The molecule has 2 N–H and O–H groups in total. The maximum atomic E-state index is 12.6. The molecule has 3 rings (SSSR count). The highest BCUT2D eigenvalue weighted by molar-refractivity contribution is 6.27. The maximum absolute atomic E-state index is 12.6. The summed E-state index contributed by atoms with van der Waals surface area (Å²) in [6, 6.07) is 16.4. The van der Waals surface area contributed by atoms with Crippen molar-refractivity contribution >= 4 is 23.0 Å². The molecule has 6 heteroatoms.